The summed E-state index contributed by atoms with van der Waals surface area (Å²) < 4.78 is 5.32. The average molecular weight is 174 g/mol. The van der Waals surface area contributed by atoms with E-state index >= 15 is 0 Å². The summed E-state index contributed by atoms with van der Waals surface area (Å²) in [5, 5.41) is 8.59. The van der Waals surface area contributed by atoms with Crippen LogP contribution < -0.4 is 0 Å². The second kappa shape index (κ2) is 9.01. The van der Waals surface area contributed by atoms with Crippen molar-refractivity contribution in [1.82, 2.24) is 0 Å². The zero-order valence-corrected chi connectivity index (χ0v) is 8.38. The van der Waals surface area contributed by atoms with Gasteiger partial charge in [-0.1, -0.05) is 19.8 Å². The molecule has 0 saturated carbocycles. The first-order chi connectivity index (χ1) is 5.85. The molecule has 2 heteroatoms. The van der Waals surface area contributed by atoms with Gasteiger partial charge in [-0.2, -0.15) is 0 Å². The van der Waals surface area contributed by atoms with E-state index < -0.39 is 0 Å². The van der Waals surface area contributed by atoms with Crippen molar-refractivity contribution in [3.8, 4) is 0 Å². The van der Waals surface area contributed by atoms with Gasteiger partial charge in [0.2, 0.25) is 0 Å². The van der Waals surface area contributed by atoms with Crippen LogP contribution in [-0.2, 0) is 4.74 Å². The number of unbranched alkanes of at least 4 members (excludes halogenated alkanes) is 2. The first-order valence-corrected chi connectivity index (χ1v) is 4.98. The molecule has 2 nitrogen and oxygen atoms in total. The van der Waals surface area contributed by atoms with Crippen molar-refractivity contribution in [2.24, 2.45) is 0 Å². The van der Waals surface area contributed by atoms with E-state index in [0.717, 1.165) is 19.3 Å². The van der Waals surface area contributed by atoms with Gasteiger partial charge in [0, 0.05) is 13.7 Å². The van der Waals surface area contributed by atoms with Gasteiger partial charge >= 0.3 is 0 Å². The van der Waals surface area contributed by atoms with Crippen molar-refractivity contribution >= 4 is 0 Å². The molecule has 0 saturated heterocycles. The molecule has 1 N–H and O–H groups in total. The fourth-order valence-corrected chi connectivity index (χ4v) is 1.30. The van der Waals surface area contributed by atoms with Crippen LogP contribution in [0.3, 0.4) is 0 Å². The lowest BCUT2D eigenvalue weighted by Gasteiger charge is -2.13. The van der Waals surface area contributed by atoms with Gasteiger partial charge in [0.15, 0.2) is 0 Å². The molecule has 0 rings (SSSR count). The van der Waals surface area contributed by atoms with Gasteiger partial charge in [-0.15, -0.1) is 0 Å². The molecule has 0 aromatic rings. The summed E-state index contributed by atoms with van der Waals surface area (Å²) in [6, 6.07) is 0. The Morgan fingerprint density at radius 3 is 2.33 bits per heavy atom. The molecule has 1 atom stereocenters. The minimum Gasteiger partial charge on any atom is -0.396 e. The molecule has 0 bridgehead atoms. The van der Waals surface area contributed by atoms with Gasteiger partial charge in [0.1, 0.15) is 0 Å². The van der Waals surface area contributed by atoms with Gasteiger partial charge < -0.3 is 9.84 Å². The average Bonchev–Trinajstić information content (AvgIpc) is 2.11. The number of hydrogen-bond donors (Lipinski definition) is 1. The van der Waals surface area contributed by atoms with Crippen molar-refractivity contribution in [2.75, 3.05) is 13.7 Å². The number of aliphatic hydroxyl groups excluding tert-OH is 1. The van der Waals surface area contributed by atoms with Crippen LogP contribution in [0.4, 0.5) is 0 Å². The number of aliphatic hydroxyl groups is 1. The van der Waals surface area contributed by atoms with E-state index in [-0.39, 0.29) is 0 Å². The zero-order valence-electron chi connectivity index (χ0n) is 8.38. The molecule has 0 heterocycles. The third kappa shape index (κ3) is 6.62. The summed E-state index contributed by atoms with van der Waals surface area (Å²) in [4.78, 5) is 0. The van der Waals surface area contributed by atoms with Crippen molar-refractivity contribution in [3.05, 3.63) is 0 Å². The quantitative estimate of drug-likeness (QED) is 0.572. The number of ether oxygens (including phenoxy) is 1. The second-order valence-electron chi connectivity index (χ2n) is 3.22. The molecule has 0 amide bonds. The van der Waals surface area contributed by atoms with Crippen LogP contribution in [0.25, 0.3) is 0 Å². The van der Waals surface area contributed by atoms with Crippen molar-refractivity contribution in [3.63, 3.8) is 0 Å². The molecule has 0 spiro atoms. The molecular formula is C10H22O2. The van der Waals surface area contributed by atoms with Crippen LogP contribution in [0.2, 0.25) is 0 Å². The molecule has 12 heavy (non-hydrogen) atoms. The highest BCUT2D eigenvalue weighted by molar-refractivity contribution is 4.57. The fourth-order valence-electron chi connectivity index (χ4n) is 1.30. The lowest BCUT2D eigenvalue weighted by Crippen LogP contribution is -2.10. The Labute approximate surface area is 75.9 Å². The normalized spacial score (nSPS) is 13.2. The summed E-state index contributed by atoms with van der Waals surface area (Å²) in [5.74, 6) is 0. The van der Waals surface area contributed by atoms with E-state index in [1.165, 1.54) is 19.3 Å². The van der Waals surface area contributed by atoms with Crippen molar-refractivity contribution in [1.29, 1.82) is 0 Å². The molecule has 0 aromatic heterocycles. The lowest BCUT2D eigenvalue weighted by molar-refractivity contribution is 0.0824. The summed E-state index contributed by atoms with van der Waals surface area (Å²) in [7, 11) is 1.78. The molecule has 0 aromatic carbocycles. The largest absolute Gasteiger partial charge is 0.396 e. The Hall–Kier alpha value is -0.0800. The Bertz CT molecular complexity index is 83.9. The first kappa shape index (κ1) is 11.9. The summed E-state index contributed by atoms with van der Waals surface area (Å²) >= 11 is 0. The first-order valence-electron chi connectivity index (χ1n) is 4.98. The van der Waals surface area contributed by atoms with Gasteiger partial charge in [0.05, 0.1) is 6.10 Å². The second-order valence-corrected chi connectivity index (χ2v) is 3.22. The highest BCUT2D eigenvalue weighted by Gasteiger charge is 2.05. The summed E-state index contributed by atoms with van der Waals surface area (Å²) in [6.07, 6.45) is 7.15. The maximum absolute atomic E-state index is 8.59. The van der Waals surface area contributed by atoms with Crippen LogP contribution in [-0.4, -0.2) is 24.9 Å². The Balaban J connectivity index is 3.26. The predicted octanol–water partition coefficient (Wildman–Crippen LogP) is 2.35. The van der Waals surface area contributed by atoms with Gasteiger partial charge in [-0.3, -0.25) is 0 Å². The summed E-state index contributed by atoms with van der Waals surface area (Å²) in [6.45, 7) is 2.50. The molecule has 0 unspecified atom stereocenters. The van der Waals surface area contributed by atoms with E-state index in [0.29, 0.717) is 12.7 Å². The van der Waals surface area contributed by atoms with E-state index in [4.69, 9.17) is 9.84 Å². The molecule has 0 aliphatic rings. The zero-order chi connectivity index (χ0) is 9.23. The van der Waals surface area contributed by atoms with Gasteiger partial charge in [-0.05, 0) is 25.7 Å². The van der Waals surface area contributed by atoms with E-state index in [2.05, 4.69) is 6.92 Å². The maximum atomic E-state index is 8.59. The standard InChI is InChI=1S/C10H22O2/c1-3-4-7-10(12-2)8-5-6-9-11/h10-11H,3-9H2,1-2H3/t10-/m0/s1. The molecule has 0 fully saturated rings. The molecular weight excluding hydrogens is 152 g/mol. The minimum absolute atomic E-state index is 0.310. The summed E-state index contributed by atoms with van der Waals surface area (Å²) in [5.41, 5.74) is 0. The maximum Gasteiger partial charge on any atom is 0.0571 e. The molecule has 0 aliphatic heterocycles. The third-order valence-electron chi connectivity index (χ3n) is 2.15. The van der Waals surface area contributed by atoms with Crippen molar-refractivity contribution in [2.45, 2.75) is 51.6 Å². The highest BCUT2D eigenvalue weighted by Crippen LogP contribution is 2.10. The van der Waals surface area contributed by atoms with Crippen LogP contribution in [0.15, 0.2) is 0 Å². The predicted molar refractivity (Wildman–Crippen MR) is 51.3 cm³/mol. The Kier molecular flexibility index (Phi) is 8.95. The minimum atomic E-state index is 0.310. The Morgan fingerprint density at radius 1 is 1.17 bits per heavy atom. The number of methoxy groups -OCH3 is 1. The monoisotopic (exact) mass is 174 g/mol. The molecule has 0 aliphatic carbocycles. The van der Waals surface area contributed by atoms with Crippen LogP contribution in [0.1, 0.15) is 45.4 Å². The molecule has 74 valence electrons. The van der Waals surface area contributed by atoms with Crippen LogP contribution >= 0.6 is 0 Å². The van der Waals surface area contributed by atoms with E-state index in [9.17, 15) is 0 Å². The lowest BCUT2D eigenvalue weighted by atomic mass is 10.1. The Morgan fingerprint density at radius 2 is 1.83 bits per heavy atom. The van der Waals surface area contributed by atoms with Crippen LogP contribution in [0.5, 0.6) is 0 Å². The highest BCUT2D eigenvalue weighted by atomic mass is 16.5. The van der Waals surface area contributed by atoms with Gasteiger partial charge in [0.25, 0.3) is 0 Å². The van der Waals surface area contributed by atoms with Gasteiger partial charge in [-0.25, -0.2) is 0 Å². The van der Waals surface area contributed by atoms with Crippen LogP contribution in [0, 0.1) is 0 Å². The number of hydrogen-bond acceptors (Lipinski definition) is 2. The smallest absolute Gasteiger partial charge is 0.0571 e. The topological polar surface area (TPSA) is 29.5 Å². The molecule has 0 radical (unpaired) electrons. The van der Waals surface area contributed by atoms with E-state index in [1.807, 2.05) is 0 Å². The third-order valence-corrected chi connectivity index (χ3v) is 2.15. The fraction of sp³-hybridized carbons (Fsp3) is 1.00. The van der Waals surface area contributed by atoms with E-state index in [1.54, 1.807) is 7.11 Å². The SMILES string of the molecule is CCCC[C@@H](CCCCO)OC. The number of rotatable bonds is 8. The van der Waals surface area contributed by atoms with Crippen molar-refractivity contribution < 1.29 is 9.84 Å².